The van der Waals surface area contributed by atoms with Crippen molar-refractivity contribution in [3.8, 4) is 0 Å². The van der Waals surface area contributed by atoms with E-state index in [9.17, 15) is 20.4 Å². The third-order valence-electron chi connectivity index (χ3n) is 7.00. The van der Waals surface area contributed by atoms with Crippen molar-refractivity contribution in [1.29, 1.82) is 0 Å². The molecule has 0 aromatic rings. The summed E-state index contributed by atoms with van der Waals surface area (Å²) in [6, 6.07) is -0.527. The van der Waals surface area contributed by atoms with E-state index in [1.807, 2.05) is 0 Å². The Balaban J connectivity index is 3.63. The Bertz CT molecular complexity index is 528. The highest BCUT2D eigenvalue weighted by Gasteiger charge is 2.20. The molecule has 0 radical (unpaired) electrons. The van der Waals surface area contributed by atoms with E-state index in [1.54, 1.807) is 0 Å². The van der Waals surface area contributed by atoms with Crippen LogP contribution in [0.2, 0.25) is 0 Å². The van der Waals surface area contributed by atoms with Crippen LogP contribution in [0.4, 0.5) is 0 Å². The molecule has 38 heavy (non-hydrogen) atoms. The highest BCUT2D eigenvalue weighted by atomic mass is 16.6. The number of aliphatic hydroxyl groups is 4. The zero-order chi connectivity index (χ0) is 28.1. The first-order chi connectivity index (χ1) is 18.5. The van der Waals surface area contributed by atoms with E-state index in [0.717, 1.165) is 38.5 Å². The van der Waals surface area contributed by atoms with Crippen molar-refractivity contribution in [2.75, 3.05) is 13.2 Å². The van der Waals surface area contributed by atoms with Crippen molar-refractivity contribution in [3.63, 3.8) is 0 Å². The molecule has 0 saturated heterocycles. The number of unbranched alkanes of at least 4 members (excludes halogenated alkanes) is 12. The van der Waals surface area contributed by atoms with Gasteiger partial charge in [-0.2, -0.15) is 0 Å². The van der Waals surface area contributed by atoms with Crippen LogP contribution in [0.25, 0.3) is 0 Å². The summed E-state index contributed by atoms with van der Waals surface area (Å²) in [6.45, 7) is 4.58. The highest BCUT2D eigenvalue weighted by Crippen LogP contribution is 2.12. The summed E-state index contributed by atoms with van der Waals surface area (Å²) in [5.41, 5.74) is 0. The minimum Gasteiger partial charge on any atom is -0.395 e. The second kappa shape index (κ2) is 29.2. The molecule has 0 bridgehead atoms. The maximum Gasteiger partial charge on any atom is 0.154 e. The van der Waals surface area contributed by atoms with Gasteiger partial charge in [0.25, 0.3) is 0 Å². The van der Waals surface area contributed by atoms with Crippen LogP contribution in [0.1, 0.15) is 142 Å². The summed E-state index contributed by atoms with van der Waals surface area (Å²) in [7, 11) is 0. The lowest BCUT2D eigenvalue weighted by molar-refractivity contribution is -0.106. The van der Waals surface area contributed by atoms with Gasteiger partial charge in [0.2, 0.25) is 0 Å². The maximum atomic E-state index is 10.3. The van der Waals surface area contributed by atoms with Crippen molar-refractivity contribution in [1.82, 2.24) is 5.32 Å². The Labute approximate surface area is 235 Å². The Kier molecular flexibility index (Phi) is 28.6. The summed E-state index contributed by atoms with van der Waals surface area (Å²) in [5, 5.41) is 43.0. The minimum absolute atomic E-state index is 0.212. The van der Waals surface area contributed by atoms with Crippen LogP contribution in [0.15, 0.2) is 24.3 Å². The van der Waals surface area contributed by atoms with Gasteiger partial charge in [-0.25, -0.2) is 0 Å². The van der Waals surface area contributed by atoms with Crippen molar-refractivity contribution in [2.45, 2.75) is 167 Å². The molecule has 0 aliphatic carbocycles. The number of hydrogen-bond donors (Lipinski definition) is 5. The van der Waals surface area contributed by atoms with Gasteiger partial charge in [-0.15, -0.1) is 0 Å². The average molecular weight is 542 g/mol. The summed E-state index contributed by atoms with van der Waals surface area (Å²) >= 11 is 0. The fraction of sp³-hybridized carbons (Fsp3) is 0.875. The molecule has 0 aliphatic heterocycles. The molecule has 0 aliphatic rings. The third kappa shape index (κ3) is 25.5. The Hall–Kier alpha value is -0.760. The molecule has 5 N–H and O–H groups in total. The number of aliphatic hydroxyl groups excluding tert-OH is 4. The molecule has 0 saturated carbocycles. The summed E-state index contributed by atoms with van der Waals surface area (Å²) in [6.07, 6.45) is 27.8. The third-order valence-corrected chi connectivity index (χ3v) is 7.00. The summed E-state index contributed by atoms with van der Waals surface area (Å²) in [4.78, 5) is 0. The predicted octanol–water partition coefficient (Wildman–Crippen LogP) is 6.91. The summed E-state index contributed by atoms with van der Waals surface area (Å²) < 4.78 is 5.48. The Morgan fingerprint density at radius 1 is 0.632 bits per heavy atom. The molecule has 0 aromatic heterocycles. The van der Waals surface area contributed by atoms with Crippen LogP contribution >= 0.6 is 0 Å². The Morgan fingerprint density at radius 3 is 1.84 bits per heavy atom. The van der Waals surface area contributed by atoms with Gasteiger partial charge < -0.3 is 25.2 Å². The smallest absolute Gasteiger partial charge is 0.154 e. The molecule has 0 aromatic carbocycles. The number of rotatable bonds is 29. The number of ether oxygens (including phenoxy) is 1. The number of allylic oxidation sites excluding steroid dienone is 4. The molecular formula is C32H63NO5. The largest absolute Gasteiger partial charge is 0.395 e. The highest BCUT2D eigenvalue weighted by molar-refractivity contribution is 4.92. The maximum absolute atomic E-state index is 10.3. The van der Waals surface area contributed by atoms with E-state index in [2.05, 4.69) is 43.5 Å². The number of nitrogens with one attached hydrogen (secondary N) is 1. The fourth-order valence-corrected chi connectivity index (χ4v) is 4.48. The van der Waals surface area contributed by atoms with E-state index in [-0.39, 0.29) is 6.61 Å². The van der Waals surface area contributed by atoms with Crippen LogP contribution in [0.3, 0.4) is 0 Å². The van der Waals surface area contributed by atoms with Crippen LogP contribution in [0.5, 0.6) is 0 Å². The fourth-order valence-electron chi connectivity index (χ4n) is 4.48. The van der Waals surface area contributed by atoms with Gasteiger partial charge >= 0.3 is 0 Å². The van der Waals surface area contributed by atoms with Crippen molar-refractivity contribution in [3.05, 3.63) is 24.3 Å². The molecule has 6 heteroatoms. The molecule has 0 rings (SSSR count). The lowest BCUT2D eigenvalue weighted by Gasteiger charge is -2.25. The van der Waals surface area contributed by atoms with Gasteiger partial charge in [-0.3, -0.25) is 5.32 Å². The first-order valence-electron chi connectivity index (χ1n) is 15.9. The van der Waals surface area contributed by atoms with Crippen molar-refractivity contribution >= 4 is 0 Å². The van der Waals surface area contributed by atoms with Crippen molar-refractivity contribution < 1.29 is 25.2 Å². The molecule has 4 atom stereocenters. The zero-order valence-electron chi connectivity index (χ0n) is 24.9. The standard InChI is InChI=1S/C32H63NO5/c1-3-5-7-9-10-11-12-13-14-15-16-17-18-20-22-26-32(37)38-27-23-25-31(36)33-29(28-34)30(35)24-21-19-8-6-4-2/h10-11,13-14,29-37H,3-9,12,15-28H2,1-2H3/b11-10-,14-13-. The first-order valence-corrected chi connectivity index (χ1v) is 15.9. The molecule has 0 spiro atoms. The molecule has 0 amide bonds. The zero-order valence-corrected chi connectivity index (χ0v) is 24.9. The van der Waals surface area contributed by atoms with Gasteiger partial charge in [-0.1, -0.05) is 102 Å². The van der Waals surface area contributed by atoms with E-state index in [4.69, 9.17) is 4.74 Å². The van der Waals surface area contributed by atoms with Gasteiger partial charge in [-0.05, 0) is 64.2 Å². The van der Waals surface area contributed by atoms with E-state index in [1.165, 1.54) is 64.2 Å². The normalized spacial score (nSPS) is 15.4. The molecule has 6 nitrogen and oxygen atoms in total. The van der Waals surface area contributed by atoms with Gasteiger partial charge in [0.15, 0.2) is 6.29 Å². The van der Waals surface area contributed by atoms with E-state index >= 15 is 0 Å². The van der Waals surface area contributed by atoms with Crippen molar-refractivity contribution in [2.24, 2.45) is 0 Å². The second-order valence-corrected chi connectivity index (χ2v) is 10.7. The summed E-state index contributed by atoms with van der Waals surface area (Å²) in [5.74, 6) is 0. The molecule has 0 heterocycles. The molecule has 4 unspecified atom stereocenters. The predicted molar refractivity (Wildman–Crippen MR) is 160 cm³/mol. The van der Waals surface area contributed by atoms with Crippen LogP contribution < -0.4 is 5.32 Å². The van der Waals surface area contributed by atoms with Gasteiger partial charge in [0.1, 0.15) is 6.23 Å². The van der Waals surface area contributed by atoms with Crippen LogP contribution in [0, 0.1) is 0 Å². The van der Waals surface area contributed by atoms with Gasteiger partial charge in [0, 0.05) is 6.61 Å². The number of hydrogen-bond acceptors (Lipinski definition) is 6. The van der Waals surface area contributed by atoms with Crippen LogP contribution in [-0.4, -0.2) is 58.3 Å². The Morgan fingerprint density at radius 2 is 1.18 bits per heavy atom. The minimum atomic E-state index is -0.815. The molecule has 0 fully saturated rings. The average Bonchev–Trinajstić information content (AvgIpc) is 2.91. The molecular weight excluding hydrogens is 478 g/mol. The second-order valence-electron chi connectivity index (χ2n) is 10.7. The lowest BCUT2D eigenvalue weighted by atomic mass is 10.0. The molecule has 226 valence electrons. The quantitative estimate of drug-likeness (QED) is 0.0401. The van der Waals surface area contributed by atoms with Crippen LogP contribution in [-0.2, 0) is 4.74 Å². The van der Waals surface area contributed by atoms with E-state index < -0.39 is 24.7 Å². The topological polar surface area (TPSA) is 102 Å². The SMILES string of the molecule is CCCCC/C=C\C/C=C\CCCCCCCC(O)OCCCC(O)NC(CO)C(O)CCCCCCC. The van der Waals surface area contributed by atoms with Gasteiger partial charge in [0.05, 0.1) is 18.8 Å². The first kappa shape index (κ1) is 37.2. The van der Waals surface area contributed by atoms with E-state index in [0.29, 0.717) is 32.3 Å². The lowest BCUT2D eigenvalue weighted by Crippen LogP contribution is -2.47. The monoisotopic (exact) mass is 541 g/mol.